The van der Waals surface area contributed by atoms with Gasteiger partial charge in [-0.1, -0.05) is 50.6 Å². The zero-order chi connectivity index (χ0) is 25.2. The van der Waals surface area contributed by atoms with Gasteiger partial charge in [-0.2, -0.15) is 5.10 Å². The van der Waals surface area contributed by atoms with Crippen LogP contribution < -0.4 is 5.32 Å². The summed E-state index contributed by atoms with van der Waals surface area (Å²) in [5.41, 5.74) is 3.79. The van der Waals surface area contributed by atoms with E-state index in [1.807, 2.05) is 11.8 Å². The highest BCUT2D eigenvalue weighted by Crippen LogP contribution is 2.47. The summed E-state index contributed by atoms with van der Waals surface area (Å²) in [6.07, 6.45) is 15.1. The first-order valence-electron chi connectivity index (χ1n) is 14.8. The van der Waals surface area contributed by atoms with Crippen LogP contribution in [0.2, 0.25) is 0 Å². The lowest BCUT2D eigenvalue weighted by Gasteiger charge is -2.40. The van der Waals surface area contributed by atoms with E-state index in [2.05, 4.69) is 27.4 Å². The standard InChI is InChI=1S/C29H43N5O3/c1-2-26(35)33-13-11-20(12-14-33)25-15-24(32-37-25)28-27(21-9-7-5-3-4-6-8-10-21)29-22(16-30-28)17-31-34(29)23-18-36-19-23/h15,17,20-21,23,27-28,30H,2-14,16,18-19H2,1H3. The Bertz CT molecular complexity index is 1040. The number of rotatable bonds is 5. The van der Waals surface area contributed by atoms with Crippen molar-refractivity contribution in [2.45, 2.75) is 108 Å². The molecule has 1 amide bonds. The van der Waals surface area contributed by atoms with Crippen molar-refractivity contribution in [3.05, 3.63) is 35.0 Å². The van der Waals surface area contributed by atoms with Gasteiger partial charge in [-0.05, 0) is 31.6 Å². The molecule has 1 N–H and O–H groups in total. The normalized spacial score (nSPS) is 26.7. The minimum absolute atomic E-state index is 0.133. The molecular formula is C29H43N5O3. The van der Waals surface area contributed by atoms with Crippen LogP contribution in [0.5, 0.6) is 0 Å². The van der Waals surface area contributed by atoms with Gasteiger partial charge in [0.05, 0.1) is 31.5 Å². The molecule has 1 aliphatic carbocycles. The van der Waals surface area contributed by atoms with Crippen LogP contribution in [0.1, 0.15) is 124 Å². The fourth-order valence-corrected chi connectivity index (χ4v) is 7.16. The number of carbonyl (C=O) groups excluding carboxylic acids is 1. The summed E-state index contributed by atoms with van der Waals surface area (Å²) < 4.78 is 13.9. The number of nitrogens with zero attached hydrogens (tertiary/aromatic N) is 4. The van der Waals surface area contributed by atoms with Crippen molar-refractivity contribution in [2.75, 3.05) is 26.3 Å². The highest BCUT2D eigenvalue weighted by atomic mass is 16.5. The number of aromatic nitrogens is 3. The summed E-state index contributed by atoms with van der Waals surface area (Å²) in [4.78, 5) is 14.1. The fraction of sp³-hybridized carbons (Fsp3) is 0.759. The number of nitrogens with one attached hydrogen (secondary N) is 1. The van der Waals surface area contributed by atoms with Gasteiger partial charge in [-0.3, -0.25) is 9.48 Å². The Hall–Kier alpha value is -2.19. The minimum atomic E-state index is 0.133. The van der Waals surface area contributed by atoms with E-state index in [1.54, 1.807) is 0 Å². The Labute approximate surface area is 220 Å². The van der Waals surface area contributed by atoms with Crippen molar-refractivity contribution >= 4 is 5.91 Å². The molecule has 0 aromatic carbocycles. The highest BCUT2D eigenvalue weighted by Gasteiger charge is 2.42. The first kappa shape index (κ1) is 25.1. The molecule has 202 valence electrons. The van der Waals surface area contributed by atoms with E-state index in [4.69, 9.17) is 14.4 Å². The number of fused-ring (bicyclic) bond motifs is 1. The lowest BCUT2D eigenvalue weighted by atomic mass is 9.74. The first-order valence-corrected chi connectivity index (χ1v) is 14.8. The van der Waals surface area contributed by atoms with Crippen LogP contribution in [-0.2, 0) is 16.1 Å². The van der Waals surface area contributed by atoms with E-state index in [-0.39, 0.29) is 11.9 Å². The van der Waals surface area contributed by atoms with E-state index in [0.29, 0.717) is 30.2 Å². The second kappa shape index (κ2) is 11.3. The quantitative estimate of drug-likeness (QED) is 0.594. The van der Waals surface area contributed by atoms with Gasteiger partial charge in [0.15, 0.2) is 0 Å². The molecule has 2 aromatic heterocycles. The van der Waals surface area contributed by atoms with E-state index in [0.717, 1.165) is 57.1 Å². The van der Waals surface area contributed by atoms with Crippen molar-refractivity contribution in [2.24, 2.45) is 5.92 Å². The molecule has 37 heavy (non-hydrogen) atoms. The number of likely N-dealkylation sites (tertiary alicyclic amines) is 1. The molecule has 3 fully saturated rings. The molecule has 3 aliphatic heterocycles. The Kier molecular flexibility index (Phi) is 7.65. The number of hydrogen-bond acceptors (Lipinski definition) is 6. The van der Waals surface area contributed by atoms with Crippen molar-refractivity contribution in [1.29, 1.82) is 0 Å². The average Bonchev–Trinajstić information content (AvgIpc) is 3.57. The fourth-order valence-electron chi connectivity index (χ4n) is 7.16. The third kappa shape index (κ3) is 5.11. The number of ether oxygens (including phenoxy) is 1. The third-order valence-corrected chi connectivity index (χ3v) is 9.39. The van der Waals surface area contributed by atoms with Gasteiger partial charge in [0, 0.05) is 55.2 Å². The molecule has 8 heteroatoms. The zero-order valence-corrected chi connectivity index (χ0v) is 22.4. The molecule has 2 aromatic rings. The smallest absolute Gasteiger partial charge is 0.222 e. The van der Waals surface area contributed by atoms with Crippen LogP contribution in [0.25, 0.3) is 0 Å². The Morgan fingerprint density at radius 3 is 2.46 bits per heavy atom. The SMILES string of the molecule is CCC(=O)N1CCC(c2cc(C3NCc4cnn(C5COC5)c4C3C3CCCCCCCC3)no2)CC1. The lowest BCUT2D eigenvalue weighted by Crippen LogP contribution is -2.40. The third-order valence-electron chi connectivity index (χ3n) is 9.39. The summed E-state index contributed by atoms with van der Waals surface area (Å²) >= 11 is 0. The number of piperidine rings is 1. The predicted octanol–water partition coefficient (Wildman–Crippen LogP) is 5.24. The largest absolute Gasteiger partial charge is 0.377 e. The van der Waals surface area contributed by atoms with Crippen molar-refractivity contribution in [1.82, 2.24) is 25.2 Å². The first-order chi connectivity index (χ1) is 18.2. The second-order valence-corrected chi connectivity index (χ2v) is 11.7. The summed E-state index contributed by atoms with van der Waals surface area (Å²) in [5.74, 6) is 2.52. The highest BCUT2D eigenvalue weighted by molar-refractivity contribution is 5.75. The maximum atomic E-state index is 12.1. The molecule has 4 aliphatic rings. The molecule has 8 nitrogen and oxygen atoms in total. The summed E-state index contributed by atoms with van der Waals surface area (Å²) in [6, 6.07) is 2.71. The van der Waals surface area contributed by atoms with Crippen LogP contribution in [0.4, 0.5) is 0 Å². The van der Waals surface area contributed by atoms with Crippen LogP contribution >= 0.6 is 0 Å². The van der Waals surface area contributed by atoms with Gasteiger partial charge in [0.1, 0.15) is 11.5 Å². The van der Waals surface area contributed by atoms with Gasteiger partial charge < -0.3 is 19.5 Å². The van der Waals surface area contributed by atoms with Crippen molar-refractivity contribution < 1.29 is 14.1 Å². The molecule has 0 bridgehead atoms. The number of hydrogen-bond donors (Lipinski definition) is 1. The summed E-state index contributed by atoms with van der Waals surface area (Å²) in [6.45, 7) is 5.90. The molecule has 1 saturated carbocycles. The van der Waals surface area contributed by atoms with Gasteiger partial charge in [0.25, 0.3) is 0 Å². The van der Waals surface area contributed by atoms with Crippen LogP contribution in [-0.4, -0.2) is 52.0 Å². The summed E-state index contributed by atoms with van der Waals surface area (Å²) in [7, 11) is 0. The molecule has 2 atom stereocenters. The van der Waals surface area contributed by atoms with E-state index < -0.39 is 0 Å². The topological polar surface area (TPSA) is 85.4 Å². The van der Waals surface area contributed by atoms with E-state index in [1.165, 1.54) is 62.6 Å². The molecule has 5 heterocycles. The molecule has 0 spiro atoms. The molecule has 6 rings (SSSR count). The van der Waals surface area contributed by atoms with Crippen molar-refractivity contribution in [3.8, 4) is 0 Å². The monoisotopic (exact) mass is 509 g/mol. The second-order valence-electron chi connectivity index (χ2n) is 11.7. The predicted molar refractivity (Wildman–Crippen MR) is 140 cm³/mol. The number of carbonyl (C=O) groups is 1. The summed E-state index contributed by atoms with van der Waals surface area (Å²) in [5, 5.41) is 13.4. The van der Waals surface area contributed by atoms with Gasteiger partial charge >= 0.3 is 0 Å². The lowest BCUT2D eigenvalue weighted by molar-refractivity contribution is -0.131. The van der Waals surface area contributed by atoms with E-state index in [9.17, 15) is 4.79 Å². The minimum Gasteiger partial charge on any atom is -0.377 e. The van der Waals surface area contributed by atoms with Gasteiger partial charge in [-0.15, -0.1) is 0 Å². The van der Waals surface area contributed by atoms with Crippen molar-refractivity contribution in [3.63, 3.8) is 0 Å². The van der Waals surface area contributed by atoms with E-state index >= 15 is 0 Å². The zero-order valence-electron chi connectivity index (χ0n) is 22.4. The van der Waals surface area contributed by atoms with Gasteiger partial charge in [-0.25, -0.2) is 0 Å². The number of amides is 1. The maximum absolute atomic E-state index is 12.1. The van der Waals surface area contributed by atoms with Gasteiger partial charge in [0.2, 0.25) is 5.91 Å². The van der Waals surface area contributed by atoms with Crippen LogP contribution in [0.15, 0.2) is 16.8 Å². The maximum Gasteiger partial charge on any atom is 0.222 e. The Balaban J connectivity index is 1.27. The Morgan fingerprint density at radius 2 is 1.78 bits per heavy atom. The molecular weight excluding hydrogens is 466 g/mol. The Morgan fingerprint density at radius 1 is 1.05 bits per heavy atom. The molecule has 2 unspecified atom stereocenters. The average molecular weight is 510 g/mol. The molecule has 2 saturated heterocycles. The van der Waals surface area contributed by atoms with Crippen LogP contribution in [0, 0.1) is 5.92 Å². The van der Waals surface area contributed by atoms with Crippen LogP contribution in [0.3, 0.4) is 0 Å². The molecule has 0 radical (unpaired) electrons.